The summed E-state index contributed by atoms with van der Waals surface area (Å²) in [6.45, 7) is 4.30. The maximum Gasteiger partial charge on any atom is 0.116 e. The van der Waals surface area contributed by atoms with Crippen LogP contribution in [0.25, 0.3) is 22.2 Å². The summed E-state index contributed by atoms with van der Waals surface area (Å²) >= 11 is 0. The zero-order valence-electron chi connectivity index (χ0n) is 10.4. The van der Waals surface area contributed by atoms with Gasteiger partial charge in [-0.05, 0) is 17.5 Å². The van der Waals surface area contributed by atoms with Gasteiger partial charge in [-0.3, -0.25) is 5.10 Å². The molecule has 0 aliphatic carbocycles. The minimum Gasteiger partial charge on any atom is -0.278 e. The highest BCUT2D eigenvalue weighted by Crippen LogP contribution is 2.28. The summed E-state index contributed by atoms with van der Waals surface area (Å²) in [5.74, 6) is 0.402. The van der Waals surface area contributed by atoms with Crippen molar-refractivity contribution in [3.63, 3.8) is 0 Å². The van der Waals surface area contributed by atoms with Crippen molar-refractivity contribution >= 4 is 10.9 Å². The van der Waals surface area contributed by atoms with Crippen molar-refractivity contribution in [2.45, 2.75) is 19.8 Å². The van der Waals surface area contributed by atoms with E-state index in [4.69, 9.17) is 0 Å². The summed E-state index contributed by atoms with van der Waals surface area (Å²) in [6, 6.07) is 6.21. The third kappa shape index (κ3) is 1.76. The quantitative estimate of drug-likeness (QED) is 0.746. The van der Waals surface area contributed by atoms with Gasteiger partial charge in [0.1, 0.15) is 6.33 Å². The molecular weight excluding hydrogens is 224 g/mol. The second-order valence-electron chi connectivity index (χ2n) is 4.65. The van der Waals surface area contributed by atoms with Crippen LogP contribution in [0.4, 0.5) is 0 Å². The molecule has 0 bridgehead atoms. The van der Waals surface area contributed by atoms with Gasteiger partial charge in [-0.15, -0.1) is 0 Å². The zero-order valence-corrected chi connectivity index (χ0v) is 10.4. The van der Waals surface area contributed by atoms with Crippen LogP contribution in [-0.2, 0) is 0 Å². The van der Waals surface area contributed by atoms with E-state index in [2.05, 4.69) is 52.2 Å². The first-order valence-corrected chi connectivity index (χ1v) is 5.99. The smallest absolute Gasteiger partial charge is 0.116 e. The molecule has 0 aliphatic rings. The molecule has 0 spiro atoms. The monoisotopic (exact) mass is 238 g/mol. The second-order valence-corrected chi connectivity index (χ2v) is 4.65. The van der Waals surface area contributed by atoms with E-state index in [-0.39, 0.29) is 0 Å². The van der Waals surface area contributed by atoms with Crippen molar-refractivity contribution in [3.8, 4) is 11.3 Å². The van der Waals surface area contributed by atoms with Crippen LogP contribution in [-0.4, -0.2) is 20.2 Å². The predicted octanol–water partition coefficient (Wildman–Crippen LogP) is 3.14. The number of fused-ring (bicyclic) bond motifs is 1. The zero-order chi connectivity index (χ0) is 12.5. The van der Waals surface area contributed by atoms with Crippen LogP contribution in [0.5, 0.6) is 0 Å². The Morgan fingerprint density at radius 2 is 2.06 bits per heavy atom. The molecule has 1 aromatic carbocycles. The molecule has 0 saturated heterocycles. The average molecular weight is 238 g/mol. The molecule has 1 N–H and O–H groups in total. The van der Waals surface area contributed by atoms with Gasteiger partial charge >= 0.3 is 0 Å². The maximum absolute atomic E-state index is 4.42. The molecule has 2 aromatic heterocycles. The largest absolute Gasteiger partial charge is 0.278 e. The fourth-order valence-corrected chi connectivity index (χ4v) is 2.09. The standard InChI is InChI=1S/C14H14N4/c1-9(2)12-7-15-8-16-14(12)10-3-4-11-6-17-18-13(11)5-10/h3-9H,1-2H3,(H,17,18). The Morgan fingerprint density at radius 1 is 1.17 bits per heavy atom. The normalized spacial score (nSPS) is 11.3. The number of H-pyrrole nitrogens is 1. The van der Waals surface area contributed by atoms with Crippen molar-refractivity contribution in [2.75, 3.05) is 0 Å². The van der Waals surface area contributed by atoms with Crippen LogP contribution >= 0.6 is 0 Å². The first kappa shape index (κ1) is 10.9. The number of benzene rings is 1. The third-order valence-corrected chi connectivity index (χ3v) is 3.08. The summed E-state index contributed by atoms with van der Waals surface area (Å²) in [5.41, 5.74) is 4.28. The molecule has 2 heterocycles. The van der Waals surface area contributed by atoms with Crippen molar-refractivity contribution in [3.05, 3.63) is 42.5 Å². The summed E-state index contributed by atoms with van der Waals surface area (Å²) in [6.07, 6.45) is 5.31. The molecule has 0 fully saturated rings. The lowest BCUT2D eigenvalue weighted by Crippen LogP contribution is -1.96. The predicted molar refractivity (Wildman–Crippen MR) is 71.2 cm³/mol. The van der Waals surface area contributed by atoms with E-state index in [0.717, 1.165) is 27.7 Å². The second kappa shape index (κ2) is 4.22. The number of hydrogen-bond acceptors (Lipinski definition) is 3. The first-order chi connectivity index (χ1) is 8.75. The Bertz CT molecular complexity index is 685. The molecule has 4 nitrogen and oxygen atoms in total. The van der Waals surface area contributed by atoms with Gasteiger partial charge < -0.3 is 0 Å². The number of nitrogens with zero attached hydrogens (tertiary/aromatic N) is 3. The first-order valence-electron chi connectivity index (χ1n) is 5.99. The van der Waals surface area contributed by atoms with Gasteiger partial charge in [0.25, 0.3) is 0 Å². The minimum atomic E-state index is 0.402. The molecule has 3 rings (SSSR count). The molecule has 0 unspecified atom stereocenters. The van der Waals surface area contributed by atoms with Crippen molar-refractivity contribution in [1.29, 1.82) is 0 Å². The van der Waals surface area contributed by atoms with Crippen LogP contribution in [0.2, 0.25) is 0 Å². The summed E-state index contributed by atoms with van der Waals surface area (Å²) < 4.78 is 0. The fourth-order valence-electron chi connectivity index (χ4n) is 2.09. The van der Waals surface area contributed by atoms with Crippen LogP contribution in [0.15, 0.2) is 36.9 Å². The lowest BCUT2D eigenvalue weighted by atomic mass is 9.98. The number of aromatic nitrogens is 4. The highest BCUT2D eigenvalue weighted by Gasteiger charge is 2.10. The third-order valence-electron chi connectivity index (χ3n) is 3.08. The summed E-state index contributed by atoms with van der Waals surface area (Å²) in [7, 11) is 0. The molecule has 4 heteroatoms. The van der Waals surface area contributed by atoms with Gasteiger partial charge in [-0.25, -0.2) is 9.97 Å². The molecule has 0 aliphatic heterocycles. The molecule has 0 atom stereocenters. The highest BCUT2D eigenvalue weighted by atomic mass is 15.1. The topological polar surface area (TPSA) is 54.5 Å². The molecule has 0 saturated carbocycles. The van der Waals surface area contributed by atoms with Crippen LogP contribution < -0.4 is 0 Å². The number of nitrogens with one attached hydrogen (secondary N) is 1. The lowest BCUT2D eigenvalue weighted by molar-refractivity contribution is 0.849. The Morgan fingerprint density at radius 3 is 2.89 bits per heavy atom. The highest BCUT2D eigenvalue weighted by molar-refractivity contribution is 5.83. The maximum atomic E-state index is 4.42. The Balaban J connectivity index is 2.19. The summed E-state index contributed by atoms with van der Waals surface area (Å²) in [4.78, 5) is 8.53. The van der Waals surface area contributed by atoms with E-state index in [0.29, 0.717) is 5.92 Å². The SMILES string of the molecule is CC(C)c1cncnc1-c1ccc2cn[nH]c2c1. The molecule has 3 aromatic rings. The lowest BCUT2D eigenvalue weighted by Gasteiger charge is -2.10. The number of hydrogen-bond donors (Lipinski definition) is 1. The van der Waals surface area contributed by atoms with Gasteiger partial charge in [-0.1, -0.05) is 26.0 Å². The van der Waals surface area contributed by atoms with Gasteiger partial charge in [0.2, 0.25) is 0 Å². The average Bonchev–Trinajstić information content (AvgIpc) is 2.85. The van der Waals surface area contributed by atoms with E-state index in [1.165, 1.54) is 0 Å². The van der Waals surface area contributed by atoms with E-state index < -0.39 is 0 Å². The summed E-state index contributed by atoms with van der Waals surface area (Å²) in [5, 5.41) is 8.13. The van der Waals surface area contributed by atoms with E-state index in [9.17, 15) is 0 Å². The molecule has 18 heavy (non-hydrogen) atoms. The van der Waals surface area contributed by atoms with Crippen LogP contribution in [0.1, 0.15) is 25.3 Å². The Kier molecular flexibility index (Phi) is 2.55. The van der Waals surface area contributed by atoms with Crippen LogP contribution in [0, 0.1) is 0 Å². The molecular formula is C14H14N4. The van der Waals surface area contributed by atoms with E-state index >= 15 is 0 Å². The minimum absolute atomic E-state index is 0.402. The fraction of sp³-hybridized carbons (Fsp3) is 0.214. The Labute approximate surface area is 105 Å². The van der Waals surface area contributed by atoms with E-state index in [1.54, 1.807) is 6.33 Å². The van der Waals surface area contributed by atoms with Gasteiger partial charge in [0.15, 0.2) is 0 Å². The number of rotatable bonds is 2. The van der Waals surface area contributed by atoms with Gasteiger partial charge in [0.05, 0.1) is 17.4 Å². The van der Waals surface area contributed by atoms with Gasteiger partial charge in [-0.2, -0.15) is 5.10 Å². The molecule has 0 amide bonds. The molecule has 0 radical (unpaired) electrons. The van der Waals surface area contributed by atoms with E-state index in [1.807, 2.05) is 12.4 Å². The molecule has 90 valence electrons. The van der Waals surface area contributed by atoms with Crippen molar-refractivity contribution < 1.29 is 0 Å². The van der Waals surface area contributed by atoms with Gasteiger partial charge in [0, 0.05) is 17.1 Å². The number of aromatic amines is 1. The van der Waals surface area contributed by atoms with Crippen molar-refractivity contribution in [2.24, 2.45) is 0 Å². The Hall–Kier alpha value is -2.23. The van der Waals surface area contributed by atoms with Crippen LogP contribution in [0.3, 0.4) is 0 Å². The van der Waals surface area contributed by atoms with Crippen molar-refractivity contribution in [1.82, 2.24) is 20.2 Å².